The van der Waals surface area contributed by atoms with Gasteiger partial charge in [0.25, 0.3) is 0 Å². The van der Waals surface area contributed by atoms with Crippen molar-refractivity contribution in [3.63, 3.8) is 0 Å². The summed E-state index contributed by atoms with van der Waals surface area (Å²) in [7, 11) is -4.44. The van der Waals surface area contributed by atoms with Crippen LogP contribution in [-0.4, -0.2) is 16.7 Å². The highest BCUT2D eigenvalue weighted by Crippen LogP contribution is 2.44. The number of nitrogens with one attached hydrogen (secondary N) is 2. The van der Waals surface area contributed by atoms with Crippen molar-refractivity contribution in [1.29, 1.82) is 0 Å². The standard InChI is InChI=1S/C20H21N2O6P/c1-3-5-19(23)21-15-7-11-17(12-8-15)27-29(25,26)28-18-13-9-16(10-14-18)22-20(24)6-4-2/h3-14H,1-2H3,(H,21,23)(H,22,24)(H,25,26). The Morgan fingerprint density at radius 2 is 1.14 bits per heavy atom. The molecule has 0 spiro atoms. The lowest BCUT2D eigenvalue weighted by molar-refractivity contribution is -0.112. The molecule has 0 heterocycles. The Labute approximate surface area is 168 Å². The zero-order valence-corrected chi connectivity index (χ0v) is 16.8. The zero-order valence-electron chi connectivity index (χ0n) is 15.9. The Balaban J connectivity index is 1.96. The quantitative estimate of drug-likeness (QED) is 0.437. The minimum Gasteiger partial charge on any atom is -0.395 e. The van der Waals surface area contributed by atoms with Crippen LogP contribution >= 0.6 is 7.82 Å². The molecule has 2 rings (SSSR count). The van der Waals surface area contributed by atoms with Crippen LogP contribution in [0.5, 0.6) is 11.5 Å². The molecule has 0 bridgehead atoms. The third-order valence-corrected chi connectivity index (χ3v) is 4.20. The van der Waals surface area contributed by atoms with Crippen LogP contribution < -0.4 is 19.7 Å². The van der Waals surface area contributed by atoms with E-state index in [2.05, 4.69) is 10.6 Å². The molecule has 2 aromatic rings. The summed E-state index contributed by atoms with van der Waals surface area (Å²) < 4.78 is 22.2. The van der Waals surface area contributed by atoms with E-state index < -0.39 is 7.82 Å². The minimum absolute atomic E-state index is 0.0927. The van der Waals surface area contributed by atoms with Crippen molar-refractivity contribution in [3.8, 4) is 11.5 Å². The molecule has 0 saturated carbocycles. The highest BCUT2D eigenvalue weighted by atomic mass is 31.2. The first-order valence-corrected chi connectivity index (χ1v) is 10.1. The maximum Gasteiger partial charge on any atom is 0.584 e. The van der Waals surface area contributed by atoms with Gasteiger partial charge in [-0.2, -0.15) is 0 Å². The molecule has 0 atom stereocenters. The van der Waals surface area contributed by atoms with E-state index in [4.69, 9.17) is 9.05 Å². The monoisotopic (exact) mass is 416 g/mol. The van der Waals surface area contributed by atoms with E-state index >= 15 is 0 Å². The molecule has 9 heteroatoms. The predicted molar refractivity (Wildman–Crippen MR) is 111 cm³/mol. The molecule has 29 heavy (non-hydrogen) atoms. The summed E-state index contributed by atoms with van der Waals surface area (Å²) in [6, 6.07) is 11.8. The van der Waals surface area contributed by atoms with E-state index in [0.29, 0.717) is 11.4 Å². The Bertz CT molecular complexity index is 876. The van der Waals surface area contributed by atoms with Crippen LogP contribution in [0.3, 0.4) is 0 Å². The molecule has 0 aliphatic carbocycles. The van der Waals surface area contributed by atoms with Crippen molar-refractivity contribution < 1.29 is 28.1 Å². The molecule has 2 amide bonds. The second-order valence-electron chi connectivity index (χ2n) is 5.68. The van der Waals surface area contributed by atoms with Gasteiger partial charge in [-0.15, -0.1) is 0 Å². The lowest BCUT2D eigenvalue weighted by Gasteiger charge is -2.14. The summed E-state index contributed by atoms with van der Waals surface area (Å²) in [5, 5.41) is 5.24. The molecule has 0 unspecified atom stereocenters. The lowest BCUT2D eigenvalue weighted by Crippen LogP contribution is -2.07. The number of hydrogen-bond donors (Lipinski definition) is 3. The van der Waals surface area contributed by atoms with Gasteiger partial charge in [-0.3, -0.25) is 14.5 Å². The number of hydrogen-bond acceptors (Lipinski definition) is 5. The van der Waals surface area contributed by atoms with Crippen LogP contribution in [0.1, 0.15) is 13.8 Å². The van der Waals surface area contributed by atoms with E-state index in [0.717, 1.165) is 0 Å². The van der Waals surface area contributed by atoms with Crippen LogP contribution in [0.25, 0.3) is 0 Å². The highest BCUT2D eigenvalue weighted by molar-refractivity contribution is 7.48. The summed E-state index contributed by atoms with van der Waals surface area (Å²) in [6.07, 6.45) is 5.96. The van der Waals surface area contributed by atoms with Crippen molar-refractivity contribution in [2.24, 2.45) is 0 Å². The number of anilines is 2. The Morgan fingerprint density at radius 3 is 1.45 bits per heavy atom. The molecular weight excluding hydrogens is 395 g/mol. The summed E-state index contributed by atoms with van der Waals surface area (Å²) in [5.74, 6) is -0.393. The van der Waals surface area contributed by atoms with Gasteiger partial charge >= 0.3 is 7.82 Å². The number of phosphoric acid groups is 1. The predicted octanol–water partition coefficient (Wildman–Crippen LogP) is 4.27. The van der Waals surface area contributed by atoms with Crippen LogP contribution in [0.2, 0.25) is 0 Å². The molecule has 0 aliphatic heterocycles. The van der Waals surface area contributed by atoms with Crippen molar-refractivity contribution in [2.75, 3.05) is 10.6 Å². The van der Waals surface area contributed by atoms with E-state index in [1.165, 1.54) is 60.7 Å². The first-order valence-electron chi connectivity index (χ1n) is 8.61. The number of amides is 2. The number of allylic oxidation sites excluding steroid dienone is 2. The third kappa shape index (κ3) is 7.65. The van der Waals surface area contributed by atoms with Gasteiger partial charge in [0.2, 0.25) is 11.8 Å². The van der Waals surface area contributed by atoms with Crippen molar-refractivity contribution in [2.45, 2.75) is 13.8 Å². The molecule has 0 radical (unpaired) electrons. The van der Waals surface area contributed by atoms with Crippen LogP contribution in [0.15, 0.2) is 72.8 Å². The minimum atomic E-state index is -4.44. The first-order chi connectivity index (χ1) is 13.8. The van der Waals surface area contributed by atoms with Gasteiger partial charge in [-0.05, 0) is 74.5 Å². The molecule has 3 N–H and O–H groups in total. The van der Waals surface area contributed by atoms with E-state index in [-0.39, 0.29) is 23.3 Å². The smallest absolute Gasteiger partial charge is 0.395 e. The van der Waals surface area contributed by atoms with Crippen LogP contribution in [-0.2, 0) is 14.2 Å². The first kappa shape index (κ1) is 21.9. The fraction of sp³-hybridized carbons (Fsp3) is 0.100. The average Bonchev–Trinajstić information content (AvgIpc) is 2.65. The topological polar surface area (TPSA) is 114 Å². The average molecular weight is 416 g/mol. The fourth-order valence-corrected chi connectivity index (χ4v) is 2.97. The zero-order chi connectivity index (χ0) is 21.3. The van der Waals surface area contributed by atoms with Crippen molar-refractivity contribution in [1.82, 2.24) is 0 Å². The van der Waals surface area contributed by atoms with Gasteiger partial charge in [0.1, 0.15) is 11.5 Å². The van der Waals surface area contributed by atoms with Gasteiger partial charge in [-0.1, -0.05) is 12.2 Å². The summed E-state index contributed by atoms with van der Waals surface area (Å²) >= 11 is 0. The number of carbonyl (C=O) groups is 2. The molecule has 2 aromatic carbocycles. The Kier molecular flexibility index (Phi) is 7.77. The van der Waals surface area contributed by atoms with Crippen molar-refractivity contribution >= 4 is 31.0 Å². The Morgan fingerprint density at radius 1 is 0.793 bits per heavy atom. The van der Waals surface area contributed by atoms with Gasteiger partial charge in [-0.25, -0.2) is 4.57 Å². The highest BCUT2D eigenvalue weighted by Gasteiger charge is 2.25. The molecular formula is C20H21N2O6P. The normalized spacial score (nSPS) is 13.1. The van der Waals surface area contributed by atoms with Gasteiger partial charge in [0.15, 0.2) is 0 Å². The molecule has 152 valence electrons. The van der Waals surface area contributed by atoms with E-state index in [1.54, 1.807) is 26.0 Å². The van der Waals surface area contributed by atoms with E-state index in [9.17, 15) is 19.0 Å². The third-order valence-electron chi connectivity index (χ3n) is 3.32. The SMILES string of the molecule is CC=CC(=O)Nc1ccc(OP(=O)(O)Oc2ccc(NC(=O)C=CC)cc2)cc1. The summed E-state index contributed by atoms with van der Waals surface area (Å²) in [5.41, 5.74) is 1.01. The van der Waals surface area contributed by atoms with Gasteiger partial charge in [0.05, 0.1) is 0 Å². The summed E-state index contributed by atoms with van der Waals surface area (Å²) in [4.78, 5) is 32.9. The molecule has 8 nitrogen and oxygen atoms in total. The van der Waals surface area contributed by atoms with Gasteiger partial charge in [0, 0.05) is 11.4 Å². The van der Waals surface area contributed by atoms with Crippen LogP contribution in [0.4, 0.5) is 11.4 Å². The fourth-order valence-electron chi connectivity index (χ4n) is 2.15. The molecule has 0 aromatic heterocycles. The molecule has 0 saturated heterocycles. The number of phosphoric ester groups is 1. The van der Waals surface area contributed by atoms with E-state index in [1.807, 2.05) is 0 Å². The molecule has 0 aliphatic rings. The van der Waals surface area contributed by atoms with Crippen molar-refractivity contribution in [3.05, 3.63) is 72.8 Å². The maximum absolute atomic E-state index is 12.2. The Hall–Kier alpha value is -3.35. The lowest BCUT2D eigenvalue weighted by atomic mass is 10.3. The second kappa shape index (κ2) is 10.3. The maximum atomic E-state index is 12.2. The number of benzene rings is 2. The molecule has 0 fully saturated rings. The summed E-state index contributed by atoms with van der Waals surface area (Å²) in [6.45, 7) is 3.45. The van der Waals surface area contributed by atoms with Gasteiger partial charge < -0.3 is 19.7 Å². The number of carbonyl (C=O) groups excluding carboxylic acids is 2. The largest absolute Gasteiger partial charge is 0.584 e. The number of rotatable bonds is 8. The van der Waals surface area contributed by atoms with Crippen LogP contribution in [0, 0.1) is 0 Å². The second-order valence-corrected chi connectivity index (χ2v) is 6.98.